The second-order valence-corrected chi connectivity index (χ2v) is 13.6. The highest BCUT2D eigenvalue weighted by atomic mass is 14.5. The first-order valence-electron chi connectivity index (χ1n) is 13.9. The molecule has 0 spiro atoms. The van der Waals surface area contributed by atoms with Crippen LogP contribution >= 0.6 is 0 Å². The zero-order valence-corrected chi connectivity index (χ0v) is 26.6. The van der Waals surface area contributed by atoms with Crippen LogP contribution in [0.1, 0.15) is 137 Å². The largest absolute Gasteiger partial charge is 0.0998 e. The van der Waals surface area contributed by atoms with E-state index in [4.69, 9.17) is 0 Å². The van der Waals surface area contributed by atoms with Gasteiger partial charge in [-0.25, -0.2) is 0 Å². The number of allylic oxidation sites excluding steroid dienone is 2. The lowest BCUT2D eigenvalue weighted by atomic mass is 9.72. The summed E-state index contributed by atoms with van der Waals surface area (Å²) in [6.45, 7) is 46.2. The maximum atomic E-state index is 3.73. The van der Waals surface area contributed by atoms with E-state index in [2.05, 4.69) is 117 Å². The van der Waals surface area contributed by atoms with Crippen LogP contribution in [-0.2, 0) is 0 Å². The smallest absolute Gasteiger partial charge is 0.0119 e. The molecule has 0 saturated heterocycles. The molecule has 0 radical (unpaired) electrons. The van der Waals surface area contributed by atoms with Crippen molar-refractivity contribution >= 4 is 0 Å². The van der Waals surface area contributed by atoms with Crippen LogP contribution in [0.5, 0.6) is 0 Å². The summed E-state index contributed by atoms with van der Waals surface area (Å²) in [7, 11) is 0. The predicted molar refractivity (Wildman–Crippen MR) is 158 cm³/mol. The van der Waals surface area contributed by atoms with Crippen LogP contribution in [0.25, 0.3) is 0 Å². The Labute approximate surface area is 213 Å². The molecule has 0 heteroatoms. The van der Waals surface area contributed by atoms with Crippen LogP contribution in [0.15, 0.2) is 24.3 Å². The third-order valence-electron chi connectivity index (χ3n) is 8.81. The molecule has 33 heavy (non-hydrogen) atoms. The molecule has 0 N–H and O–H groups in total. The average Bonchev–Trinajstić information content (AvgIpc) is 3.43. The second-order valence-electron chi connectivity index (χ2n) is 13.6. The topological polar surface area (TPSA) is 0 Å². The van der Waals surface area contributed by atoms with Gasteiger partial charge in [-0.15, -0.1) is 0 Å². The standard InChI is InChI=1S/C9H18.C9H20.C8H18.C7H12/c1-7(2)9(5-6-9)8(3)4;1-7(2)9(5,6)8(3)4;1-6(2)8(5)7(3)4;1-6(2)5-7(3)4/h7-8H,5-6H2,1-4H3;7-8H,1-6H3;6-8H,1-5H3;1,3,5H2,2,4H3. The maximum absolute atomic E-state index is 3.73. The van der Waals surface area contributed by atoms with E-state index in [9.17, 15) is 0 Å². The summed E-state index contributed by atoms with van der Waals surface area (Å²) in [6, 6.07) is 0. The van der Waals surface area contributed by atoms with Crippen molar-refractivity contribution in [2.45, 2.75) is 137 Å². The Kier molecular flexibility index (Phi) is 19.1. The quantitative estimate of drug-likeness (QED) is 0.313. The van der Waals surface area contributed by atoms with Gasteiger partial charge in [-0.3, -0.25) is 0 Å². The van der Waals surface area contributed by atoms with E-state index in [1.807, 2.05) is 13.8 Å². The van der Waals surface area contributed by atoms with Crippen molar-refractivity contribution in [1.29, 1.82) is 0 Å². The molecule has 0 bridgehead atoms. The summed E-state index contributed by atoms with van der Waals surface area (Å²) < 4.78 is 0. The fraction of sp³-hybridized carbons (Fsp3) is 0.879. The Hall–Kier alpha value is -0.520. The Morgan fingerprint density at radius 3 is 0.909 bits per heavy atom. The van der Waals surface area contributed by atoms with Gasteiger partial charge in [0.25, 0.3) is 0 Å². The highest BCUT2D eigenvalue weighted by Gasteiger charge is 2.47. The Balaban J connectivity index is -0.000000366. The lowest BCUT2D eigenvalue weighted by Gasteiger charge is -2.33. The van der Waals surface area contributed by atoms with Crippen LogP contribution in [0.2, 0.25) is 0 Å². The van der Waals surface area contributed by atoms with Gasteiger partial charge in [0.05, 0.1) is 0 Å². The van der Waals surface area contributed by atoms with E-state index in [1.165, 1.54) is 24.0 Å². The van der Waals surface area contributed by atoms with Crippen molar-refractivity contribution in [3.63, 3.8) is 0 Å². The molecular weight excluding hydrogens is 396 g/mol. The fourth-order valence-electron chi connectivity index (χ4n) is 3.92. The molecule has 0 atom stereocenters. The van der Waals surface area contributed by atoms with Crippen LogP contribution in [0, 0.1) is 52.3 Å². The molecule has 0 nitrogen and oxygen atoms in total. The van der Waals surface area contributed by atoms with E-state index in [-0.39, 0.29) is 0 Å². The first kappa shape index (κ1) is 37.0. The maximum Gasteiger partial charge on any atom is -0.0119 e. The molecule has 0 amide bonds. The molecule has 1 saturated carbocycles. The summed E-state index contributed by atoms with van der Waals surface area (Å²) in [5.41, 5.74) is 3.63. The molecule has 0 heterocycles. The van der Waals surface area contributed by atoms with Gasteiger partial charge in [0.1, 0.15) is 0 Å². The van der Waals surface area contributed by atoms with Crippen LogP contribution < -0.4 is 0 Å². The van der Waals surface area contributed by atoms with E-state index in [0.29, 0.717) is 5.41 Å². The molecule has 0 aromatic carbocycles. The highest BCUT2D eigenvalue weighted by Crippen LogP contribution is 2.57. The molecular formula is C33H68. The van der Waals surface area contributed by atoms with Crippen molar-refractivity contribution < 1.29 is 0 Å². The van der Waals surface area contributed by atoms with Crippen molar-refractivity contribution in [2.24, 2.45) is 52.3 Å². The minimum atomic E-state index is 0.500. The zero-order chi connectivity index (χ0) is 27.3. The van der Waals surface area contributed by atoms with Gasteiger partial charge < -0.3 is 0 Å². The predicted octanol–water partition coefficient (Wildman–Crippen LogP) is 11.9. The lowest BCUT2D eigenvalue weighted by Crippen LogP contribution is -2.25. The monoisotopic (exact) mass is 465 g/mol. The number of hydrogen-bond donors (Lipinski definition) is 0. The minimum Gasteiger partial charge on any atom is -0.0998 e. The number of rotatable bonds is 8. The van der Waals surface area contributed by atoms with Gasteiger partial charge in [-0.05, 0) is 85.4 Å². The van der Waals surface area contributed by atoms with Crippen LogP contribution in [0.4, 0.5) is 0 Å². The first-order chi connectivity index (χ1) is 14.7. The van der Waals surface area contributed by atoms with E-state index in [1.54, 1.807) is 0 Å². The van der Waals surface area contributed by atoms with Crippen molar-refractivity contribution in [1.82, 2.24) is 0 Å². The molecule has 1 aliphatic rings. The van der Waals surface area contributed by atoms with Crippen molar-refractivity contribution in [2.75, 3.05) is 0 Å². The van der Waals surface area contributed by atoms with E-state index >= 15 is 0 Å². The molecule has 0 aromatic rings. The van der Waals surface area contributed by atoms with Crippen molar-refractivity contribution in [3.05, 3.63) is 24.3 Å². The molecule has 0 unspecified atom stereocenters. The Morgan fingerprint density at radius 1 is 0.636 bits per heavy atom. The minimum absolute atomic E-state index is 0.500. The van der Waals surface area contributed by atoms with E-state index < -0.39 is 0 Å². The lowest BCUT2D eigenvalue weighted by molar-refractivity contribution is 0.165. The van der Waals surface area contributed by atoms with Crippen molar-refractivity contribution in [3.8, 4) is 0 Å². The molecule has 1 aliphatic carbocycles. The summed E-state index contributed by atoms with van der Waals surface area (Å²) in [4.78, 5) is 0. The normalized spacial score (nSPS) is 14.7. The molecule has 0 aromatic heterocycles. The van der Waals surface area contributed by atoms with Crippen LogP contribution in [-0.4, -0.2) is 0 Å². The van der Waals surface area contributed by atoms with Gasteiger partial charge in [0.15, 0.2) is 0 Å². The zero-order valence-electron chi connectivity index (χ0n) is 26.6. The second kappa shape index (κ2) is 17.0. The van der Waals surface area contributed by atoms with Crippen LogP contribution in [0.3, 0.4) is 0 Å². The third kappa shape index (κ3) is 16.7. The molecule has 200 valence electrons. The Morgan fingerprint density at radius 2 is 0.909 bits per heavy atom. The van der Waals surface area contributed by atoms with Gasteiger partial charge >= 0.3 is 0 Å². The average molecular weight is 465 g/mol. The molecule has 0 aliphatic heterocycles. The molecule has 1 rings (SSSR count). The molecule has 1 fully saturated rings. The third-order valence-corrected chi connectivity index (χ3v) is 8.81. The van der Waals surface area contributed by atoms with Gasteiger partial charge in [-0.2, -0.15) is 0 Å². The van der Waals surface area contributed by atoms with Gasteiger partial charge in [0, 0.05) is 0 Å². The summed E-state index contributed by atoms with van der Waals surface area (Å²) >= 11 is 0. The van der Waals surface area contributed by atoms with Gasteiger partial charge in [-0.1, -0.05) is 128 Å². The summed E-state index contributed by atoms with van der Waals surface area (Å²) in [5, 5.41) is 0. The van der Waals surface area contributed by atoms with E-state index in [0.717, 1.165) is 53.3 Å². The van der Waals surface area contributed by atoms with Gasteiger partial charge in [0.2, 0.25) is 0 Å². The fourth-order valence-corrected chi connectivity index (χ4v) is 3.92. The Bertz CT molecular complexity index is 452. The first-order valence-corrected chi connectivity index (χ1v) is 13.9. The number of hydrogen-bond acceptors (Lipinski definition) is 0. The SMILES string of the molecule is C=C(C)CC(=C)C.CC(C)C(C)(C)C(C)C.CC(C)C(C)C(C)C.CC(C)C1(C(C)C)CC1. The summed E-state index contributed by atoms with van der Waals surface area (Å²) in [6.07, 6.45) is 3.92. The highest BCUT2D eigenvalue weighted by molar-refractivity contribution is 5.03. The summed E-state index contributed by atoms with van der Waals surface area (Å²) in [5.74, 6) is 5.94.